The molecule has 3 N–H and O–H groups in total. The monoisotopic (exact) mass is 296 g/mol. The zero-order valence-corrected chi connectivity index (χ0v) is 13.8. The molecule has 0 unspecified atom stereocenters. The molecule has 0 radical (unpaired) electrons. The molecule has 0 bridgehead atoms. The van der Waals surface area contributed by atoms with Crippen LogP contribution in [0.25, 0.3) is 0 Å². The van der Waals surface area contributed by atoms with Gasteiger partial charge < -0.3 is 20.5 Å². The van der Waals surface area contributed by atoms with Gasteiger partial charge in [-0.1, -0.05) is 27.7 Å². The highest BCUT2D eigenvalue weighted by molar-refractivity contribution is 5.66. The van der Waals surface area contributed by atoms with E-state index in [9.17, 15) is 0 Å². The third kappa shape index (κ3) is 6.16. The fourth-order valence-electron chi connectivity index (χ4n) is 1.66. The third-order valence-electron chi connectivity index (χ3n) is 2.80. The second-order valence-electron chi connectivity index (χ2n) is 5.95. The highest BCUT2D eigenvalue weighted by Crippen LogP contribution is 2.26. The second-order valence-corrected chi connectivity index (χ2v) is 5.95. The molecule has 0 fully saturated rings. The summed E-state index contributed by atoms with van der Waals surface area (Å²) in [5.74, 6) is 2.64. The third-order valence-corrected chi connectivity index (χ3v) is 2.80. The predicted octanol–water partition coefficient (Wildman–Crippen LogP) is 2.70. The number of hydrogen-bond acceptors (Lipinski definition) is 6. The van der Waals surface area contributed by atoms with Crippen LogP contribution in [0, 0.1) is 11.8 Å². The maximum absolute atomic E-state index is 6.10. The Morgan fingerprint density at radius 2 is 1.86 bits per heavy atom. The van der Waals surface area contributed by atoms with Gasteiger partial charge in [0.05, 0.1) is 6.61 Å². The topological polar surface area (TPSA) is 82.3 Å². The lowest BCUT2D eigenvalue weighted by molar-refractivity contribution is 0.176. The molecular formula is C15H28N4O2. The van der Waals surface area contributed by atoms with Crippen LogP contribution in [0.3, 0.4) is 0 Å². The summed E-state index contributed by atoms with van der Waals surface area (Å²) in [6.07, 6.45) is 1.05. The molecule has 21 heavy (non-hydrogen) atoms. The van der Waals surface area contributed by atoms with Crippen LogP contribution in [0.1, 0.15) is 39.9 Å². The van der Waals surface area contributed by atoms with Crippen molar-refractivity contribution in [2.24, 2.45) is 11.8 Å². The maximum atomic E-state index is 6.10. The molecule has 1 heterocycles. The smallest absolute Gasteiger partial charge is 0.242 e. The molecule has 0 amide bonds. The maximum Gasteiger partial charge on any atom is 0.242 e. The molecule has 0 aliphatic carbocycles. The van der Waals surface area contributed by atoms with E-state index < -0.39 is 0 Å². The highest BCUT2D eigenvalue weighted by atomic mass is 16.5. The minimum absolute atomic E-state index is 0.331. The van der Waals surface area contributed by atoms with Gasteiger partial charge in [-0.15, -0.1) is 0 Å². The lowest BCUT2D eigenvalue weighted by atomic mass is 10.1. The van der Waals surface area contributed by atoms with Crippen molar-refractivity contribution in [1.29, 1.82) is 0 Å². The van der Waals surface area contributed by atoms with E-state index in [1.807, 2.05) is 0 Å². The summed E-state index contributed by atoms with van der Waals surface area (Å²) in [5.41, 5.74) is 6.56. The van der Waals surface area contributed by atoms with E-state index in [-0.39, 0.29) is 0 Å². The standard InChI is InChI=1S/C15H28N4O2/c1-10(2)6-7-17-14-13(16)15(21-8-11(3)4)19-12(18-14)9-20-5/h10-11H,6-9,16H2,1-5H3,(H,17,18,19). The van der Waals surface area contributed by atoms with Gasteiger partial charge in [0.1, 0.15) is 12.3 Å². The fourth-order valence-corrected chi connectivity index (χ4v) is 1.66. The van der Waals surface area contributed by atoms with Gasteiger partial charge in [-0.05, 0) is 18.3 Å². The van der Waals surface area contributed by atoms with Crippen LogP contribution < -0.4 is 15.8 Å². The van der Waals surface area contributed by atoms with Crippen molar-refractivity contribution in [3.05, 3.63) is 5.82 Å². The molecule has 0 saturated carbocycles. The van der Waals surface area contributed by atoms with Crippen LogP contribution in [0.4, 0.5) is 11.5 Å². The number of methoxy groups -OCH3 is 1. The molecule has 0 aliphatic rings. The quantitative estimate of drug-likeness (QED) is 0.729. The van der Waals surface area contributed by atoms with Crippen LogP contribution in [-0.4, -0.2) is 30.2 Å². The highest BCUT2D eigenvalue weighted by Gasteiger charge is 2.13. The summed E-state index contributed by atoms with van der Waals surface area (Å²) in [6.45, 7) is 10.2. The number of anilines is 2. The Hall–Kier alpha value is -1.56. The summed E-state index contributed by atoms with van der Waals surface area (Å²) in [4.78, 5) is 8.71. The summed E-state index contributed by atoms with van der Waals surface area (Å²) >= 11 is 0. The minimum atomic E-state index is 0.331. The molecule has 1 aromatic rings. The average Bonchev–Trinajstić information content (AvgIpc) is 2.40. The Morgan fingerprint density at radius 3 is 2.43 bits per heavy atom. The van der Waals surface area contributed by atoms with Gasteiger partial charge >= 0.3 is 0 Å². The molecule has 6 nitrogen and oxygen atoms in total. The SMILES string of the molecule is COCc1nc(NCCC(C)C)c(N)c(OCC(C)C)n1. The van der Waals surface area contributed by atoms with Crippen LogP contribution in [0.5, 0.6) is 5.88 Å². The van der Waals surface area contributed by atoms with Gasteiger partial charge in [0.15, 0.2) is 11.6 Å². The number of nitrogens with zero attached hydrogens (tertiary/aromatic N) is 2. The van der Waals surface area contributed by atoms with Gasteiger partial charge in [0.2, 0.25) is 5.88 Å². The molecule has 0 saturated heterocycles. The first-order valence-electron chi connectivity index (χ1n) is 7.46. The number of nitrogens with one attached hydrogen (secondary N) is 1. The first kappa shape index (κ1) is 17.5. The Kier molecular flexibility index (Phi) is 7.22. The zero-order chi connectivity index (χ0) is 15.8. The summed E-state index contributed by atoms with van der Waals surface area (Å²) in [7, 11) is 1.61. The number of aromatic nitrogens is 2. The summed E-state index contributed by atoms with van der Waals surface area (Å²) in [6, 6.07) is 0. The molecular weight excluding hydrogens is 268 g/mol. The average molecular weight is 296 g/mol. The molecule has 0 atom stereocenters. The number of hydrogen-bond donors (Lipinski definition) is 2. The van der Waals surface area contributed by atoms with Crippen LogP contribution >= 0.6 is 0 Å². The van der Waals surface area contributed by atoms with Gasteiger partial charge in [-0.2, -0.15) is 4.98 Å². The van der Waals surface area contributed by atoms with Crippen molar-refractivity contribution in [3.8, 4) is 5.88 Å². The Morgan fingerprint density at radius 1 is 1.14 bits per heavy atom. The Bertz CT molecular complexity index is 436. The molecule has 0 aliphatic heterocycles. The molecule has 6 heteroatoms. The van der Waals surface area contributed by atoms with Crippen LogP contribution in [0.15, 0.2) is 0 Å². The van der Waals surface area contributed by atoms with E-state index in [1.54, 1.807) is 7.11 Å². The number of ether oxygens (including phenoxy) is 2. The fraction of sp³-hybridized carbons (Fsp3) is 0.733. The van der Waals surface area contributed by atoms with Crippen molar-refractivity contribution in [2.45, 2.75) is 40.7 Å². The lowest BCUT2D eigenvalue weighted by Gasteiger charge is -2.15. The van der Waals surface area contributed by atoms with E-state index in [2.05, 4.69) is 43.0 Å². The molecule has 1 aromatic heterocycles. The molecule has 0 aromatic carbocycles. The van der Waals surface area contributed by atoms with Crippen molar-refractivity contribution in [2.75, 3.05) is 31.3 Å². The first-order valence-corrected chi connectivity index (χ1v) is 7.46. The lowest BCUT2D eigenvalue weighted by Crippen LogP contribution is -2.14. The second kappa shape index (κ2) is 8.67. The Balaban J connectivity index is 2.87. The van der Waals surface area contributed by atoms with Crippen molar-refractivity contribution in [1.82, 2.24) is 9.97 Å². The summed E-state index contributed by atoms with van der Waals surface area (Å²) < 4.78 is 10.8. The Labute approximate surface area is 127 Å². The van der Waals surface area contributed by atoms with Gasteiger partial charge in [0.25, 0.3) is 0 Å². The van der Waals surface area contributed by atoms with E-state index >= 15 is 0 Å². The number of nitrogen functional groups attached to an aromatic ring is 1. The normalized spacial score (nSPS) is 11.2. The predicted molar refractivity (Wildman–Crippen MR) is 85.4 cm³/mol. The van der Waals surface area contributed by atoms with E-state index in [1.165, 1.54) is 0 Å². The number of nitrogens with two attached hydrogens (primary N) is 1. The molecule has 1 rings (SSSR count). The van der Waals surface area contributed by atoms with Crippen molar-refractivity contribution >= 4 is 11.5 Å². The first-order chi connectivity index (χ1) is 9.93. The van der Waals surface area contributed by atoms with Gasteiger partial charge in [-0.25, -0.2) is 4.98 Å². The minimum Gasteiger partial charge on any atom is -0.476 e. The number of rotatable bonds is 9. The van der Waals surface area contributed by atoms with Crippen molar-refractivity contribution < 1.29 is 9.47 Å². The van der Waals surface area contributed by atoms with Crippen LogP contribution in [-0.2, 0) is 11.3 Å². The van der Waals surface area contributed by atoms with E-state index in [0.717, 1.165) is 13.0 Å². The largest absolute Gasteiger partial charge is 0.476 e. The van der Waals surface area contributed by atoms with E-state index in [0.29, 0.717) is 48.3 Å². The van der Waals surface area contributed by atoms with E-state index in [4.69, 9.17) is 15.2 Å². The molecule has 0 spiro atoms. The summed E-state index contributed by atoms with van der Waals surface area (Å²) in [5, 5.41) is 3.26. The molecule has 120 valence electrons. The van der Waals surface area contributed by atoms with Crippen LogP contribution in [0.2, 0.25) is 0 Å². The van der Waals surface area contributed by atoms with Crippen molar-refractivity contribution in [3.63, 3.8) is 0 Å². The van der Waals surface area contributed by atoms with Gasteiger partial charge in [-0.3, -0.25) is 0 Å². The zero-order valence-electron chi connectivity index (χ0n) is 13.8. The van der Waals surface area contributed by atoms with Gasteiger partial charge in [0, 0.05) is 13.7 Å².